The summed E-state index contributed by atoms with van der Waals surface area (Å²) in [7, 11) is 2.24. The van der Waals surface area contributed by atoms with Crippen molar-refractivity contribution in [1.82, 2.24) is 15.1 Å². The SMILES string of the molecule is CC(CN1CCOCC1)NC1CC(C)N(C)CC1C. The number of nitrogens with zero attached hydrogens (tertiary/aromatic N) is 2. The maximum absolute atomic E-state index is 5.41. The molecule has 0 aromatic rings. The van der Waals surface area contributed by atoms with Gasteiger partial charge in [0, 0.05) is 44.3 Å². The van der Waals surface area contributed by atoms with E-state index in [1.54, 1.807) is 0 Å². The Bertz CT molecular complexity index is 268. The zero-order valence-electron chi connectivity index (χ0n) is 13.1. The van der Waals surface area contributed by atoms with Crippen molar-refractivity contribution in [3.63, 3.8) is 0 Å². The molecular formula is C15H31N3O. The fourth-order valence-corrected chi connectivity index (χ4v) is 3.36. The number of likely N-dealkylation sites (tertiary alicyclic amines) is 1. The number of hydrogen-bond acceptors (Lipinski definition) is 4. The Hall–Kier alpha value is -0.160. The Morgan fingerprint density at radius 3 is 2.63 bits per heavy atom. The van der Waals surface area contributed by atoms with Crippen LogP contribution in [0.15, 0.2) is 0 Å². The molecule has 4 heteroatoms. The first kappa shape index (κ1) is 15.2. The highest BCUT2D eigenvalue weighted by atomic mass is 16.5. The molecule has 19 heavy (non-hydrogen) atoms. The van der Waals surface area contributed by atoms with Gasteiger partial charge in [-0.3, -0.25) is 4.90 Å². The fourth-order valence-electron chi connectivity index (χ4n) is 3.36. The van der Waals surface area contributed by atoms with E-state index in [2.05, 4.69) is 42.9 Å². The van der Waals surface area contributed by atoms with Crippen molar-refractivity contribution < 1.29 is 4.74 Å². The van der Waals surface area contributed by atoms with Gasteiger partial charge in [0.05, 0.1) is 13.2 Å². The van der Waals surface area contributed by atoms with E-state index in [4.69, 9.17) is 4.74 Å². The molecule has 2 saturated heterocycles. The molecule has 4 unspecified atom stereocenters. The topological polar surface area (TPSA) is 27.7 Å². The number of ether oxygens (including phenoxy) is 1. The minimum Gasteiger partial charge on any atom is -0.379 e. The minimum atomic E-state index is 0.571. The van der Waals surface area contributed by atoms with Gasteiger partial charge >= 0.3 is 0 Å². The molecule has 4 nitrogen and oxygen atoms in total. The van der Waals surface area contributed by atoms with E-state index in [1.807, 2.05) is 0 Å². The summed E-state index contributed by atoms with van der Waals surface area (Å²) >= 11 is 0. The predicted molar refractivity (Wildman–Crippen MR) is 79.5 cm³/mol. The first-order valence-electron chi connectivity index (χ1n) is 7.82. The predicted octanol–water partition coefficient (Wildman–Crippen LogP) is 1.03. The smallest absolute Gasteiger partial charge is 0.0594 e. The van der Waals surface area contributed by atoms with E-state index < -0.39 is 0 Å². The molecule has 0 aromatic carbocycles. The molecule has 2 fully saturated rings. The van der Waals surface area contributed by atoms with Crippen LogP contribution in [-0.4, -0.2) is 74.4 Å². The Labute approximate surface area is 118 Å². The van der Waals surface area contributed by atoms with Crippen LogP contribution >= 0.6 is 0 Å². The average Bonchev–Trinajstić information content (AvgIpc) is 2.37. The Balaban J connectivity index is 1.76. The average molecular weight is 269 g/mol. The summed E-state index contributed by atoms with van der Waals surface area (Å²) in [5, 5.41) is 3.86. The van der Waals surface area contributed by atoms with Crippen LogP contribution in [0.25, 0.3) is 0 Å². The van der Waals surface area contributed by atoms with Gasteiger partial charge in [0.1, 0.15) is 0 Å². The second kappa shape index (κ2) is 7.02. The molecule has 4 atom stereocenters. The van der Waals surface area contributed by atoms with Crippen molar-refractivity contribution in [2.75, 3.05) is 46.4 Å². The molecule has 0 saturated carbocycles. The van der Waals surface area contributed by atoms with Crippen LogP contribution in [0, 0.1) is 5.92 Å². The number of morpholine rings is 1. The number of hydrogen-bond donors (Lipinski definition) is 1. The summed E-state index contributed by atoms with van der Waals surface area (Å²) in [4.78, 5) is 5.00. The second-order valence-corrected chi connectivity index (χ2v) is 6.59. The second-order valence-electron chi connectivity index (χ2n) is 6.59. The van der Waals surface area contributed by atoms with Gasteiger partial charge in [-0.2, -0.15) is 0 Å². The van der Waals surface area contributed by atoms with Crippen LogP contribution < -0.4 is 5.32 Å². The first-order chi connectivity index (χ1) is 9.06. The normalized spacial score (nSPS) is 36.3. The van der Waals surface area contributed by atoms with E-state index in [0.717, 1.165) is 38.8 Å². The third-order valence-electron chi connectivity index (χ3n) is 4.74. The van der Waals surface area contributed by atoms with Crippen molar-refractivity contribution in [3.8, 4) is 0 Å². The van der Waals surface area contributed by atoms with Gasteiger partial charge in [-0.15, -0.1) is 0 Å². The van der Waals surface area contributed by atoms with Gasteiger partial charge < -0.3 is 15.0 Å². The van der Waals surface area contributed by atoms with Gasteiger partial charge in [0.2, 0.25) is 0 Å². The lowest BCUT2D eigenvalue weighted by atomic mass is 9.89. The number of rotatable bonds is 4. The van der Waals surface area contributed by atoms with E-state index >= 15 is 0 Å². The molecule has 2 rings (SSSR count). The lowest BCUT2D eigenvalue weighted by Gasteiger charge is -2.41. The Kier molecular flexibility index (Phi) is 5.63. The molecular weight excluding hydrogens is 238 g/mol. The van der Waals surface area contributed by atoms with Gasteiger partial charge in [0.15, 0.2) is 0 Å². The third kappa shape index (κ3) is 4.42. The maximum Gasteiger partial charge on any atom is 0.0594 e. The molecule has 0 amide bonds. The summed E-state index contributed by atoms with van der Waals surface area (Å²) in [6.45, 7) is 13.4. The van der Waals surface area contributed by atoms with Crippen LogP contribution in [0.5, 0.6) is 0 Å². The molecule has 0 spiro atoms. The minimum absolute atomic E-state index is 0.571. The summed E-state index contributed by atoms with van der Waals surface area (Å²) in [5.41, 5.74) is 0. The molecule has 0 aliphatic carbocycles. The van der Waals surface area contributed by atoms with Crippen molar-refractivity contribution in [2.24, 2.45) is 5.92 Å². The highest BCUT2D eigenvalue weighted by molar-refractivity contribution is 4.88. The zero-order valence-corrected chi connectivity index (χ0v) is 13.1. The van der Waals surface area contributed by atoms with Crippen molar-refractivity contribution in [1.29, 1.82) is 0 Å². The van der Waals surface area contributed by atoms with Crippen molar-refractivity contribution in [3.05, 3.63) is 0 Å². The summed E-state index contributed by atoms with van der Waals surface area (Å²) in [5.74, 6) is 0.744. The van der Waals surface area contributed by atoms with Gasteiger partial charge in [0.25, 0.3) is 0 Å². The summed E-state index contributed by atoms with van der Waals surface area (Å²) in [6.07, 6.45) is 1.27. The molecule has 2 aliphatic rings. The highest BCUT2D eigenvalue weighted by Crippen LogP contribution is 2.21. The largest absolute Gasteiger partial charge is 0.379 e. The Morgan fingerprint density at radius 2 is 1.95 bits per heavy atom. The van der Waals surface area contributed by atoms with E-state index in [1.165, 1.54) is 13.0 Å². The molecule has 2 aliphatic heterocycles. The molecule has 1 N–H and O–H groups in total. The van der Waals surface area contributed by atoms with Crippen molar-refractivity contribution >= 4 is 0 Å². The van der Waals surface area contributed by atoms with Crippen LogP contribution in [-0.2, 0) is 4.74 Å². The van der Waals surface area contributed by atoms with Crippen LogP contribution in [0.4, 0.5) is 0 Å². The highest BCUT2D eigenvalue weighted by Gasteiger charge is 2.29. The molecule has 2 heterocycles. The quantitative estimate of drug-likeness (QED) is 0.825. The molecule has 0 bridgehead atoms. The molecule has 112 valence electrons. The van der Waals surface area contributed by atoms with Crippen LogP contribution in [0.2, 0.25) is 0 Å². The molecule has 0 aromatic heterocycles. The number of nitrogens with one attached hydrogen (secondary N) is 1. The zero-order chi connectivity index (χ0) is 13.8. The Morgan fingerprint density at radius 1 is 1.26 bits per heavy atom. The van der Waals surface area contributed by atoms with Gasteiger partial charge in [-0.25, -0.2) is 0 Å². The summed E-state index contributed by atoms with van der Waals surface area (Å²) < 4.78 is 5.41. The summed E-state index contributed by atoms with van der Waals surface area (Å²) in [6, 6.07) is 1.94. The van der Waals surface area contributed by atoms with Crippen LogP contribution in [0.3, 0.4) is 0 Å². The van der Waals surface area contributed by atoms with E-state index in [-0.39, 0.29) is 0 Å². The van der Waals surface area contributed by atoms with Crippen LogP contribution in [0.1, 0.15) is 27.2 Å². The first-order valence-corrected chi connectivity index (χ1v) is 7.82. The lowest BCUT2D eigenvalue weighted by molar-refractivity contribution is 0.0317. The monoisotopic (exact) mass is 269 g/mol. The lowest BCUT2D eigenvalue weighted by Crippen LogP contribution is -2.55. The third-order valence-corrected chi connectivity index (χ3v) is 4.74. The van der Waals surface area contributed by atoms with Crippen molar-refractivity contribution in [2.45, 2.75) is 45.3 Å². The maximum atomic E-state index is 5.41. The fraction of sp³-hybridized carbons (Fsp3) is 1.00. The van der Waals surface area contributed by atoms with E-state index in [9.17, 15) is 0 Å². The standard InChI is InChI=1S/C15H31N3O/c1-12-10-17(4)14(3)9-15(12)16-13(2)11-18-5-7-19-8-6-18/h12-16H,5-11H2,1-4H3. The van der Waals surface area contributed by atoms with Gasteiger partial charge in [-0.1, -0.05) is 6.92 Å². The number of piperidine rings is 1. The van der Waals surface area contributed by atoms with Gasteiger partial charge in [-0.05, 0) is 33.2 Å². The molecule has 0 radical (unpaired) electrons. The van der Waals surface area contributed by atoms with E-state index in [0.29, 0.717) is 18.1 Å².